The molecule has 0 saturated carbocycles. The van der Waals surface area contributed by atoms with Crippen molar-refractivity contribution in [3.63, 3.8) is 0 Å². The van der Waals surface area contributed by atoms with Crippen LogP contribution in [0.25, 0.3) is 22.8 Å². The maximum absolute atomic E-state index is 9.45. The SMILES string of the molecule is CC(=O)[O-].CCOS(=O)(=O)[O-].[Cu+2].c1ccc(-c2ccccn2)nc1.c1ccc(-c2ccccn2)nc1. The molecule has 4 aromatic heterocycles. The zero-order chi connectivity index (χ0) is 25.9. The van der Waals surface area contributed by atoms with Crippen molar-refractivity contribution >= 4 is 16.4 Å². The smallest absolute Gasteiger partial charge is 0.726 e. The van der Waals surface area contributed by atoms with Crippen molar-refractivity contribution in [2.24, 2.45) is 0 Å². The van der Waals surface area contributed by atoms with Gasteiger partial charge in [-0.3, -0.25) is 24.1 Å². The standard InChI is InChI=1S/2C10H8N2.C2H6O4S.C2H4O2.Cu/c2*1-3-7-11-9(5-1)10-6-2-4-8-12-10;1-2-6-7(3,4)5;1-2(3)4;/h2*1-8H;2H2,1H3,(H,3,4,5);1H3,(H,3,4);/q;;;;+2/p-2. The number of carboxylic acids is 1. The Morgan fingerprint density at radius 2 is 0.972 bits per heavy atom. The Morgan fingerprint density at radius 1 is 0.722 bits per heavy atom. The van der Waals surface area contributed by atoms with E-state index in [0.29, 0.717) is 0 Å². The average Bonchev–Trinajstić information content (AvgIpc) is 2.86. The fourth-order valence-electron chi connectivity index (χ4n) is 2.20. The Morgan fingerprint density at radius 3 is 1.08 bits per heavy atom. The molecule has 4 heterocycles. The van der Waals surface area contributed by atoms with E-state index in [1.807, 2.05) is 72.8 Å². The third-order valence-electron chi connectivity index (χ3n) is 3.45. The fourth-order valence-corrected chi connectivity index (χ4v) is 2.49. The minimum atomic E-state index is -4.42. The van der Waals surface area contributed by atoms with Crippen LogP contribution in [0.1, 0.15) is 13.8 Å². The van der Waals surface area contributed by atoms with Crippen LogP contribution in [0.2, 0.25) is 0 Å². The fraction of sp³-hybridized carbons (Fsp3) is 0.125. The molecule has 1 radical (unpaired) electrons. The van der Waals surface area contributed by atoms with Crippen LogP contribution >= 0.6 is 0 Å². The van der Waals surface area contributed by atoms with Crippen molar-refractivity contribution < 1.29 is 44.1 Å². The molecule has 0 aliphatic carbocycles. The molecule has 4 aromatic rings. The molecule has 0 atom stereocenters. The number of hydrogen-bond acceptors (Lipinski definition) is 10. The zero-order valence-corrected chi connectivity index (χ0v) is 21.2. The molecule has 36 heavy (non-hydrogen) atoms. The molecule has 10 nitrogen and oxygen atoms in total. The van der Waals surface area contributed by atoms with Crippen molar-refractivity contribution in [3.05, 3.63) is 97.6 Å². The summed E-state index contributed by atoms with van der Waals surface area (Å²) in [6.45, 7) is 2.31. The van der Waals surface area contributed by atoms with Gasteiger partial charge in [0.2, 0.25) is 10.4 Å². The second-order valence-electron chi connectivity index (χ2n) is 6.17. The predicted octanol–water partition coefficient (Wildman–Crippen LogP) is 2.52. The van der Waals surface area contributed by atoms with E-state index in [0.717, 1.165) is 29.7 Å². The molecule has 193 valence electrons. The summed E-state index contributed by atoms with van der Waals surface area (Å²) >= 11 is 0. The first-order valence-electron chi connectivity index (χ1n) is 10.2. The van der Waals surface area contributed by atoms with Gasteiger partial charge in [0, 0.05) is 30.8 Å². The molecule has 0 aromatic carbocycles. The Hall–Kier alpha value is -3.54. The van der Waals surface area contributed by atoms with E-state index in [-0.39, 0.29) is 23.7 Å². The summed E-state index contributed by atoms with van der Waals surface area (Å²) in [4.78, 5) is 25.6. The van der Waals surface area contributed by atoms with E-state index >= 15 is 0 Å². The van der Waals surface area contributed by atoms with Gasteiger partial charge in [0.05, 0.1) is 29.4 Å². The van der Waals surface area contributed by atoms with Crippen LogP contribution in [0.4, 0.5) is 0 Å². The average molecular weight is 560 g/mol. The summed E-state index contributed by atoms with van der Waals surface area (Å²) in [6, 6.07) is 23.2. The maximum Gasteiger partial charge on any atom is 2.00 e. The van der Waals surface area contributed by atoms with Gasteiger partial charge in [-0.05, 0) is 62.4 Å². The largest absolute Gasteiger partial charge is 2.00 e. The number of hydrogen-bond donors (Lipinski definition) is 0. The molecule has 4 rings (SSSR count). The Kier molecular flexibility index (Phi) is 16.9. The van der Waals surface area contributed by atoms with Gasteiger partial charge in [0.25, 0.3) is 0 Å². The van der Waals surface area contributed by atoms with Gasteiger partial charge in [-0.2, -0.15) is 0 Å². The molecule has 0 unspecified atom stereocenters. The molecule has 0 bridgehead atoms. The summed E-state index contributed by atoms with van der Waals surface area (Å²) in [7, 11) is -4.42. The van der Waals surface area contributed by atoms with E-state index in [1.54, 1.807) is 24.8 Å². The minimum Gasteiger partial charge on any atom is -0.726 e. The van der Waals surface area contributed by atoms with Gasteiger partial charge in [-0.15, -0.1) is 0 Å². The first-order chi connectivity index (χ1) is 16.7. The van der Waals surface area contributed by atoms with Crippen LogP contribution < -0.4 is 5.11 Å². The van der Waals surface area contributed by atoms with Crippen molar-refractivity contribution in [3.8, 4) is 22.8 Å². The number of aromatic nitrogens is 4. The quantitative estimate of drug-likeness (QED) is 0.206. The topological polar surface area (TPSA) is 158 Å². The van der Waals surface area contributed by atoms with E-state index in [1.165, 1.54) is 6.92 Å². The monoisotopic (exact) mass is 559 g/mol. The molecule has 0 aliphatic rings. The molecule has 12 heteroatoms. The first kappa shape index (κ1) is 32.5. The van der Waals surface area contributed by atoms with Crippen LogP contribution in [0, 0.1) is 0 Å². The number of carboxylic acid groups (broad SMARTS) is 1. The Labute approximate surface area is 220 Å². The second kappa shape index (κ2) is 18.7. The van der Waals surface area contributed by atoms with Gasteiger partial charge in [0.1, 0.15) is 0 Å². The van der Waals surface area contributed by atoms with Gasteiger partial charge in [-0.1, -0.05) is 24.3 Å². The van der Waals surface area contributed by atoms with Gasteiger partial charge >= 0.3 is 17.1 Å². The van der Waals surface area contributed by atoms with Crippen LogP contribution in [-0.4, -0.2) is 45.5 Å². The molecule has 0 spiro atoms. The number of carbonyl (C=O) groups excluding carboxylic acids is 1. The van der Waals surface area contributed by atoms with Crippen LogP contribution in [0.3, 0.4) is 0 Å². The predicted molar refractivity (Wildman–Crippen MR) is 127 cm³/mol. The van der Waals surface area contributed by atoms with Gasteiger partial charge < -0.3 is 14.5 Å². The van der Waals surface area contributed by atoms with E-state index in [4.69, 9.17) is 9.90 Å². The number of aliphatic carboxylic acids is 1. The van der Waals surface area contributed by atoms with Crippen LogP contribution in [0.15, 0.2) is 97.6 Å². The first-order valence-corrected chi connectivity index (χ1v) is 11.5. The number of pyridine rings is 4. The van der Waals surface area contributed by atoms with Gasteiger partial charge in [-0.25, -0.2) is 8.42 Å². The number of nitrogens with zero attached hydrogens (tertiary/aromatic N) is 4. The maximum atomic E-state index is 9.45. The van der Waals surface area contributed by atoms with Gasteiger partial charge in [0.15, 0.2) is 0 Å². The third kappa shape index (κ3) is 16.1. The zero-order valence-electron chi connectivity index (χ0n) is 19.4. The van der Waals surface area contributed by atoms with Crippen molar-refractivity contribution in [2.45, 2.75) is 13.8 Å². The van der Waals surface area contributed by atoms with Crippen LogP contribution in [-0.2, 0) is 36.4 Å². The van der Waals surface area contributed by atoms with Crippen molar-refractivity contribution in [2.75, 3.05) is 6.61 Å². The van der Waals surface area contributed by atoms with E-state index < -0.39 is 16.4 Å². The normalized spacial score (nSPS) is 9.42. The minimum absolute atomic E-state index is 0. The Bertz CT molecular complexity index is 1050. The Balaban J connectivity index is 0.000000484. The van der Waals surface area contributed by atoms with Crippen molar-refractivity contribution in [1.82, 2.24) is 19.9 Å². The molecular weight excluding hydrogens is 536 g/mol. The number of carbonyl (C=O) groups is 1. The summed E-state index contributed by atoms with van der Waals surface area (Å²) in [5.41, 5.74) is 3.66. The molecule has 0 saturated heterocycles. The second-order valence-corrected chi connectivity index (χ2v) is 7.22. The number of rotatable bonds is 4. The van der Waals surface area contributed by atoms with E-state index in [2.05, 4.69) is 24.1 Å². The van der Waals surface area contributed by atoms with E-state index in [9.17, 15) is 13.0 Å². The van der Waals surface area contributed by atoms with Crippen LogP contribution in [0.5, 0.6) is 0 Å². The summed E-state index contributed by atoms with van der Waals surface area (Å²) in [5, 5.41) is 8.89. The van der Waals surface area contributed by atoms with Crippen molar-refractivity contribution in [1.29, 1.82) is 0 Å². The summed E-state index contributed by atoms with van der Waals surface area (Å²) < 4.78 is 32.0. The third-order valence-corrected chi connectivity index (χ3v) is 3.97. The molecule has 0 fully saturated rings. The molecular formula is C24H24CuN4O6S. The molecule has 0 N–H and O–H groups in total. The summed E-state index contributed by atoms with van der Waals surface area (Å²) in [5.74, 6) is -1.08. The molecule has 0 aliphatic heterocycles. The summed E-state index contributed by atoms with van der Waals surface area (Å²) in [6.07, 6.45) is 7.07. The molecule has 0 amide bonds.